The Kier molecular flexibility index (Phi) is 2.99. The third-order valence-electron chi connectivity index (χ3n) is 3.42. The standard InChI is InChI=1S/C14H18O2/c1-9-3-4-10(2)12(7-9)13(8-14(15)16)11-5-6-11/h3-4,7,11,13H,5-6,8H2,1-2H3,(H,15,16). The molecule has 1 N–H and O–H groups in total. The first-order valence-electron chi connectivity index (χ1n) is 5.87. The molecule has 1 fully saturated rings. The van der Waals surface area contributed by atoms with E-state index in [1.807, 2.05) is 0 Å². The van der Waals surface area contributed by atoms with Crippen molar-refractivity contribution < 1.29 is 9.90 Å². The van der Waals surface area contributed by atoms with Gasteiger partial charge in [-0.25, -0.2) is 0 Å². The summed E-state index contributed by atoms with van der Waals surface area (Å²) in [6.45, 7) is 4.14. The van der Waals surface area contributed by atoms with Crippen LogP contribution >= 0.6 is 0 Å². The Morgan fingerprint density at radius 2 is 2.12 bits per heavy atom. The summed E-state index contributed by atoms with van der Waals surface area (Å²) in [5.41, 5.74) is 3.69. The lowest BCUT2D eigenvalue weighted by Crippen LogP contribution is -2.10. The molecule has 0 aliphatic heterocycles. The molecule has 0 saturated heterocycles. The van der Waals surface area contributed by atoms with Crippen molar-refractivity contribution in [1.29, 1.82) is 0 Å². The van der Waals surface area contributed by atoms with Gasteiger partial charge in [-0.2, -0.15) is 0 Å². The predicted octanol–water partition coefficient (Wildman–Crippen LogP) is 3.27. The Bertz CT molecular complexity index is 405. The molecule has 1 aliphatic rings. The van der Waals surface area contributed by atoms with Crippen LogP contribution in [0.1, 0.15) is 41.9 Å². The van der Waals surface area contributed by atoms with E-state index in [9.17, 15) is 4.79 Å². The molecule has 1 aromatic rings. The number of carboxylic acid groups (broad SMARTS) is 1. The molecular weight excluding hydrogens is 200 g/mol. The lowest BCUT2D eigenvalue weighted by molar-refractivity contribution is -0.137. The predicted molar refractivity (Wildman–Crippen MR) is 63.6 cm³/mol. The molecule has 1 unspecified atom stereocenters. The number of aryl methyl sites for hydroxylation is 2. The SMILES string of the molecule is Cc1ccc(C)c(C(CC(=O)O)C2CC2)c1. The number of carbonyl (C=O) groups is 1. The van der Waals surface area contributed by atoms with Gasteiger partial charge in [0.05, 0.1) is 6.42 Å². The Labute approximate surface area is 96.3 Å². The highest BCUT2D eigenvalue weighted by molar-refractivity contribution is 5.68. The summed E-state index contributed by atoms with van der Waals surface area (Å²) in [5.74, 6) is 0.131. The van der Waals surface area contributed by atoms with Crippen LogP contribution in [0.25, 0.3) is 0 Å². The molecule has 1 aromatic carbocycles. The van der Waals surface area contributed by atoms with Crippen LogP contribution in [0.3, 0.4) is 0 Å². The van der Waals surface area contributed by atoms with Gasteiger partial charge in [-0.05, 0) is 49.7 Å². The van der Waals surface area contributed by atoms with Gasteiger partial charge in [0.1, 0.15) is 0 Å². The van der Waals surface area contributed by atoms with E-state index in [-0.39, 0.29) is 12.3 Å². The highest BCUT2D eigenvalue weighted by Crippen LogP contribution is 2.45. The maximum absolute atomic E-state index is 10.9. The molecule has 2 heteroatoms. The minimum absolute atomic E-state index is 0.220. The highest BCUT2D eigenvalue weighted by Gasteiger charge is 2.34. The van der Waals surface area contributed by atoms with Crippen molar-refractivity contribution >= 4 is 5.97 Å². The fraction of sp³-hybridized carbons (Fsp3) is 0.500. The third kappa shape index (κ3) is 2.43. The van der Waals surface area contributed by atoms with Gasteiger partial charge in [0.25, 0.3) is 0 Å². The quantitative estimate of drug-likeness (QED) is 0.842. The molecule has 2 rings (SSSR count). The van der Waals surface area contributed by atoms with E-state index in [0.29, 0.717) is 5.92 Å². The van der Waals surface area contributed by atoms with Crippen molar-refractivity contribution in [3.63, 3.8) is 0 Å². The van der Waals surface area contributed by atoms with Crippen molar-refractivity contribution in [2.75, 3.05) is 0 Å². The van der Waals surface area contributed by atoms with Crippen LogP contribution in [-0.2, 0) is 4.79 Å². The fourth-order valence-electron chi connectivity index (χ4n) is 2.38. The number of hydrogen-bond donors (Lipinski definition) is 1. The highest BCUT2D eigenvalue weighted by atomic mass is 16.4. The molecule has 1 saturated carbocycles. The minimum Gasteiger partial charge on any atom is -0.481 e. The zero-order valence-electron chi connectivity index (χ0n) is 9.86. The average molecular weight is 218 g/mol. The smallest absolute Gasteiger partial charge is 0.303 e. The Hall–Kier alpha value is -1.31. The summed E-state index contributed by atoms with van der Waals surface area (Å²) in [6, 6.07) is 6.34. The largest absolute Gasteiger partial charge is 0.481 e. The van der Waals surface area contributed by atoms with E-state index >= 15 is 0 Å². The zero-order chi connectivity index (χ0) is 11.7. The van der Waals surface area contributed by atoms with Gasteiger partial charge >= 0.3 is 5.97 Å². The molecule has 1 atom stereocenters. The average Bonchev–Trinajstić information content (AvgIpc) is 3.02. The number of benzene rings is 1. The van der Waals surface area contributed by atoms with Crippen molar-refractivity contribution in [2.45, 2.75) is 39.0 Å². The van der Waals surface area contributed by atoms with Crippen LogP contribution < -0.4 is 0 Å². The third-order valence-corrected chi connectivity index (χ3v) is 3.42. The first kappa shape index (κ1) is 11.2. The molecular formula is C14H18O2. The molecule has 1 aliphatic carbocycles. The number of hydrogen-bond acceptors (Lipinski definition) is 1. The normalized spacial score (nSPS) is 17.1. The summed E-state index contributed by atoms with van der Waals surface area (Å²) in [5, 5.41) is 8.98. The van der Waals surface area contributed by atoms with Gasteiger partial charge < -0.3 is 5.11 Å². The molecule has 0 amide bonds. The van der Waals surface area contributed by atoms with Gasteiger partial charge in [0.15, 0.2) is 0 Å². The van der Waals surface area contributed by atoms with E-state index in [1.54, 1.807) is 0 Å². The molecule has 2 nitrogen and oxygen atoms in total. The minimum atomic E-state index is -0.683. The first-order chi connectivity index (χ1) is 7.58. The first-order valence-corrected chi connectivity index (χ1v) is 5.87. The summed E-state index contributed by atoms with van der Waals surface area (Å²) < 4.78 is 0. The van der Waals surface area contributed by atoms with Gasteiger partial charge in [0.2, 0.25) is 0 Å². The molecule has 0 bridgehead atoms. The summed E-state index contributed by atoms with van der Waals surface area (Å²) in [6.07, 6.45) is 2.64. The monoisotopic (exact) mass is 218 g/mol. The second-order valence-electron chi connectivity index (χ2n) is 4.90. The van der Waals surface area contributed by atoms with Crippen LogP contribution in [0.4, 0.5) is 0 Å². The summed E-state index contributed by atoms with van der Waals surface area (Å²) in [7, 11) is 0. The van der Waals surface area contributed by atoms with Crippen LogP contribution in [0, 0.1) is 19.8 Å². The van der Waals surface area contributed by atoms with Crippen LogP contribution in [0.5, 0.6) is 0 Å². The van der Waals surface area contributed by atoms with E-state index in [1.165, 1.54) is 29.5 Å². The van der Waals surface area contributed by atoms with Crippen LogP contribution in [0.15, 0.2) is 18.2 Å². The van der Waals surface area contributed by atoms with Crippen LogP contribution in [0.2, 0.25) is 0 Å². The van der Waals surface area contributed by atoms with Gasteiger partial charge in [-0.3, -0.25) is 4.79 Å². The number of rotatable bonds is 4. The van der Waals surface area contributed by atoms with E-state index < -0.39 is 5.97 Å². The Morgan fingerprint density at radius 3 is 2.69 bits per heavy atom. The lowest BCUT2D eigenvalue weighted by Gasteiger charge is -2.17. The van der Waals surface area contributed by atoms with E-state index in [0.717, 1.165) is 0 Å². The van der Waals surface area contributed by atoms with Gasteiger partial charge in [-0.1, -0.05) is 23.8 Å². The van der Waals surface area contributed by atoms with Gasteiger partial charge in [-0.15, -0.1) is 0 Å². The number of aliphatic carboxylic acids is 1. The maximum Gasteiger partial charge on any atom is 0.303 e. The molecule has 0 spiro atoms. The lowest BCUT2D eigenvalue weighted by atomic mass is 9.87. The van der Waals surface area contributed by atoms with Gasteiger partial charge in [0, 0.05) is 0 Å². The molecule has 0 heterocycles. The summed E-state index contributed by atoms with van der Waals surface area (Å²) >= 11 is 0. The number of carboxylic acids is 1. The Balaban J connectivity index is 2.30. The van der Waals surface area contributed by atoms with E-state index in [2.05, 4.69) is 32.0 Å². The van der Waals surface area contributed by atoms with Crippen molar-refractivity contribution in [3.05, 3.63) is 34.9 Å². The van der Waals surface area contributed by atoms with Crippen molar-refractivity contribution in [2.24, 2.45) is 5.92 Å². The molecule has 86 valence electrons. The second-order valence-corrected chi connectivity index (χ2v) is 4.90. The van der Waals surface area contributed by atoms with E-state index in [4.69, 9.17) is 5.11 Å². The maximum atomic E-state index is 10.9. The zero-order valence-corrected chi connectivity index (χ0v) is 9.86. The molecule has 0 aromatic heterocycles. The molecule has 0 radical (unpaired) electrons. The fourth-order valence-corrected chi connectivity index (χ4v) is 2.38. The summed E-state index contributed by atoms with van der Waals surface area (Å²) in [4.78, 5) is 10.9. The molecule has 16 heavy (non-hydrogen) atoms. The van der Waals surface area contributed by atoms with Crippen molar-refractivity contribution in [3.8, 4) is 0 Å². The Morgan fingerprint density at radius 1 is 1.44 bits per heavy atom. The topological polar surface area (TPSA) is 37.3 Å². The van der Waals surface area contributed by atoms with Crippen LogP contribution in [-0.4, -0.2) is 11.1 Å². The second kappa shape index (κ2) is 4.28. The van der Waals surface area contributed by atoms with Crippen molar-refractivity contribution in [1.82, 2.24) is 0 Å².